The zero-order chi connectivity index (χ0) is 15.5. The van der Waals surface area contributed by atoms with E-state index in [0.29, 0.717) is 42.7 Å². The summed E-state index contributed by atoms with van der Waals surface area (Å²) in [6.45, 7) is 1.59. The van der Waals surface area contributed by atoms with Crippen molar-refractivity contribution in [1.82, 2.24) is 15.2 Å². The topological polar surface area (TPSA) is 91.5 Å². The first kappa shape index (κ1) is 14.1. The molecule has 0 bridgehead atoms. The largest absolute Gasteiger partial charge is 0.448 e. The van der Waals surface area contributed by atoms with Crippen molar-refractivity contribution >= 4 is 22.9 Å². The Bertz CT molecular complexity index is 784. The van der Waals surface area contributed by atoms with Crippen LogP contribution in [-0.2, 0) is 4.74 Å². The van der Waals surface area contributed by atoms with E-state index < -0.39 is 0 Å². The van der Waals surface area contributed by atoms with Crippen LogP contribution < -0.4 is 10.9 Å². The normalized spacial score (nSPS) is 14.2. The number of amides is 2. The van der Waals surface area contributed by atoms with Gasteiger partial charge in [-0.3, -0.25) is 9.59 Å². The molecule has 22 heavy (non-hydrogen) atoms. The fourth-order valence-corrected chi connectivity index (χ4v) is 2.42. The maximum atomic E-state index is 12.3. The SMILES string of the molecule is O=C(NCCN1CCOC1=O)c1cc(=O)[nH]c2ccccc12. The fourth-order valence-electron chi connectivity index (χ4n) is 2.42. The van der Waals surface area contributed by atoms with Gasteiger partial charge in [0.05, 0.1) is 12.1 Å². The number of pyridine rings is 1. The molecule has 2 aromatic rings. The third-order valence-electron chi connectivity index (χ3n) is 3.51. The maximum absolute atomic E-state index is 12.3. The van der Waals surface area contributed by atoms with Crippen LogP contribution in [0.3, 0.4) is 0 Å². The Kier molecular flexibility index (Phi) is 3.78. The molecule has 0 saturated carbocycles. The summed E-state index contributed by atoms with van der Waals surface area (Å²) < 4.78 is 4.81. The van der Waals surface area contributed by atoms with Gasteiger partial charge in [0.2, 0.25) is 5.56 Å². The highest BCUT2D eigenvalue weighted by atomic mass is 16.6. The van der Waals surface area contributed by atoms with Crippen molar-refractivity contribution in [3.8, 4) is 0 Å². The lowest BCUT2D eigenvalue weighted by molar-refractivity contribution is 0.0950. The van der Waals surface area contributed by atoms with Gasteiger partial charge in [0.15, 0.2) is 0 Å². The molecule has 7 heteroatoms. The van der Waals surface area contributed by atoms with E-state index in [0.717, 1.165) is 0 Å². The maximum Gasteiger partial charge on any atom is 0.409 e. The number of aromatic nitrogens is 1. The van der Waals surface area contributed by atoms with Gasteiger partial charge >= 0.3 is 6.09 Å². The van der Waals surface area contributed by atoms with E-state index in [4.69, 9.17) is 4.74 Å². The van der Waals surface area contributed by atoms with Crippen molar-refractivity contribution in [2.45, 2.75) is 0 Å². The van der Waals surface area contributed by atoms with Crippen molar-refractivity contribution in [2.24, 2.45) is 0 Å². The van der Waals surface area contributed by atoms with Gasteiger partial charge in [-0.05, 0) is 6.07 Å². The second-order valence-corrected chi connectivity index (χ2v) is 4.95. The monoisotopic (exact) mass is 301 g/mol. The number of H-pyrrole nitrogens is 1. The Morgan fingerprint density at radius 1 is 1.32 bits per heavy atom. The third kappa shape index (κ3) is 2.78. The van der Waals surface area contributed by atoms with Gasteiger partial charge in [-0.25, -0.2) is 4.79 Å². The molecule has 2 amide bonds. The zero-order valence-corrected chi connectivity index (χ0v) is 11.8. The lowest BCUT2D eigenvalue weighted by atomic mass is 10.1. The summed E-state index contributed by atoms with van der Waals surface area (Å²) in [7, 11) is 0. The van der Waals surface area contributed by atoms with Gasteiger partial charge < -0.3 is 19.9 Å². The van der Waals surface area contributed by atoms with E-state index in [2.05, 4.69) is 10.3 Å². The summed E-state index contributed by atoms with van der Waals surface area (Å²) in [5.74, 6) is -0.338. The number of nitrogens with one attached hydrogen (secondary N) is 2. The molecular weight excluding hydrogens is 286 g/mol. The van der Waals surface area contributed by atoms with Crippen molar-refractivity contribution in [3.05, 3.63) is 46.2 Å². The lowest BCUT2D eigenvalue weighted by Gasteiger charge is -2.13. The van der Waals surface area contributed by atoms with Crippen LogP contribution in [0.15, 0.2) is 35.1 Å². The van der Waals surface area contributed by atoms with Crippen molar-refractivity contribution < 1.29 is 14.3 Å². The minimum atomic E-state index is -0.365. The Labute approximate surface area is 125 Å². The predicted octanol–water partition coefficient (Wildman–Crippen LogP) is 0.710. The Balaban J connectivity index is 1.72. The van der Waals surface area contributed by atoms with Gasteiger partial charge in [0.1, 0.15) is 6.61 Å². The number of benzene rings is 1. The second-order valence-electron chi connectivity index (χ2n) is 4.95. The van der Waals surface area contributed by atoms with Crippen LogP contribution in [0.25, 0.3) is 10.9 Å². The van der Waals surface area contributed by atoms with Crippen molar-refractivity contribution in [1.29, 1.82) is 0 Å². The molecular formula is C15H15N3O4. The second kappa shape index (κ2) is 5.88. The van der Waals surface area contributed by atoms with Crippen LogP contribution in [0.4, 0.5) is 4.79 Å². The molecule has 3 rings (SSSR count). The molecule has 0 atom stereocenters. The van der Waals surface area contributed by atoms with Gasteiger partial charge in [0, 0.05) is 30.1 Å². The summed E-state index contributed by atoms with van der Waals surface area (Å²) in [5, 5.41) is 3.41. The minimum Gasteiger partial charge on any atom is -0.448 e. The molecule has 0 unspecified atom stereocenters. The number of cyclic esters (lactones) is 1. The number of hydrogen-bond donors (Lipinski definition) is 2. The molecule has 1 aliphatic heterocycles. The quantitative estimate of drug-likeness (QED) is 0.870. The number of hydrogen-bond acceptors (Lipinski definition) is 4. The van der Waals surface area contributed by atoms with Crippen molar-refractivity contribution in [2.75, 3.05) is 26.2 Å². The van der Waals surface area contributed by atoms with E-state index in [1.807, 2.05) is 0 Å². The van der Waals surface area contributed by atoms with Gasteiger partial charge in [-0.2, -0.15) is 0 Å². The van der Waals surface area contributed by atoms with Crippen LogP contribution in [0.5, 0.6) is 0 Å². The molecule has 0 spiro atoms. The highest BCUT2D eigenvalue weighted by Crippen LogP contribution is 2.14. The smallest absolute Gasteiger partial charge is 0.409 e. The fraction of sp³-hybridized carbons (Fsp3) is 0.267. The van der Waals surface area contributed by atoms with Crippen LogP contribution in [0.2, 0.25) is 0 Å². The average Bonchev–Trinajstić information content (AvgIpc) is 2.91. The van der Waals surface area contributed by atoms with Crippen LogP contribution in [-0.4, -0.2) is 48.1 Å². The highest BCUT2D eigenvalue weighted by molar-refractivity contribution is 6.05. The van der Waals surface area contributed by atoms with E-state index in [9.17, 15) is 14.4 Å². The van der Waals surface area contributed by atoms with Crippen LogP contribution in [0.1, 0.15) is 10.4 Å². The van der Waals surface area contributed by atoms with E-state index in [1.54, 1.807) is 24.3 Å². The Hall–Kier alpha value is -2.83. The molecule has 2 N–H and O–H groups in total. The molecule has 114 valence electrons. The van der Waals surface area contributed by atoms with E-state index in [-0.39, 0.29) is 17.6 Å². The summed E-state index contributed by atoms with van der Waals surface area (Å²) in [6.07, 6.45) is -0.365. The Morgan fingerprint density at radius 2 is 2.14 bits per heavy atom. The molecule has 0 aliphatic carbocycles. The summed E-state index contributed by atoms with van der Waals surface area (Å²) >= 11 is 0. The molecule has 1 aromatic heterocycles. The van der Waals surface area contributed by atoms with E-state index in [1.165, 1.54) is 11.0 Å². The lowest BCUT2D eigenvalue weighted by Crippen LogP contribution is -2.35. The first-order valence-electron chi connectivity index (χ1n) is 6.97. The van der Waals surface area contributed by atoms with Gasteiger partial charge in [-0.1, -0.05) is 18.2 Å². The number of rotatable bonds is 4. The molecule has 1 saturated heterocycles. The van der Waals surface area contributed by atoms with Crippen LogP contribution in [0, 0.1) is 0 Å². The summed E-state index contributed by atoms with van der Waals surface area (Å²) in [5.41, 5.74) is 0.610. The average molecular weight is 301 g/mol. The van der Waals surface area contributed by atoms with E-state index >= 15 is 0 Å². The first-order valence-corrected chi connectivity index (χ1v) is 6.97. The number of ether oxygens (including phenoxy) is 1. The molecule has 2 heterocycles. The summed E-state index contributed by atoms with van der Waals surface area (Å²) in [4.78, 5) is 39.4. The third-order valence-corrected chi connectivity index (χ3v) is 3.51. The highest BCUT2D eigenvalue weighted by Gasteiger charge is 2.21. The molecule has 1 fully saturated rings. The molecule has 1 aliphatic rings. The number of para-hydroxylation sites is 1. The van der Waals surface area contributed by atoms with Crippen LogP contribution >= 0.6 is 0 Å². The zero-order valence-electron chi connectivity index (χ0n) is 11.8. The first-order chi connectivity index (χ1) is 10.6. The Morgan fingerprint density at radius 3 is 2.91 bits per heavy atom. The number of carbonyl (C=O) groups excluding carboxylic acids is 2. The number of aromatic amines is 1. The van der Waals surface area contributed by atoms with Gasteiger partial charge in [-0.15, -0.1) is 0 Å². The number of nitrogens with zero attached hydrogens (tertiary/aromatic N) is 1. The molecule has 7 nitrogen and oxygen atoms in total. The van der Waals surface area contributed by atoms with Crippen molar-refractivity contribution in [3.63, 3.8) is 0 Å². The standard InChI is InChI=1S/C15H15N3O4/c19-13-9-11(10-3-1-2-4-12(10)17-13)14(20)16-5-6-18-7-8-22-15(18)21/h1-4,9H,5-8H2,(H,16,20)(H,17,19). The molecule has 1 aromatic carbocycles. The minimum absolute atomic E-state index is 0.301. The molecule has 0 radical (unpaired) electrons. The summed E-state index contributed by atoms with van der Waals surface area (Å²) in [6, 6.07) is 8.39. The predicted molar refractivity (Wildman–Crippen MR) is 79.8 cm³/mol. The number of fused-ring (bicyclic) bond motifs is 1. The van der Waals surface area contributed by atoms with Gasteiger partial charge in [0.25, 0.3) is 5.91 Å². The number of carbonyl (C=O) groups is 2.